The molecule has 2 N–H and O–H groups in total. The van der Waals surface area contributed by atoms with Gasteiger partial charge in [0.15, 0.2) is 0 Å². The molecule has 1 aromatic heterocycles. The van der Waals surface area contributed by atoms with E-state index in [0.717, 1.165) is 5.69 Å². The van der Waals surface area contributed by atoms with E-state index < -0.39 is 10.0 Å². The van der Waals surface area contributed by atoms with Gasteiger partial charge in [0.2, 0.25) is 15.9 Å². The molecule has 9 heteroatoms. The highest BCUT2D eigenvalue weighted by Crippen LogP contribution is 2.35. The van der Waals surface area contributed by atoms with Gasteiger partial charge in [0.05, 0.1) is 12.5 Å². The third-order valence-corrected chi connectivity index (χ3v) is 6.46. The zero-order valence-corrected chi connectivity index (χ0v) is 14.2. The molecule has 0 aliphatic carbocycles. The number of para-hydroxylation sites is 1. The van der Waals surface area contributed by atoms with E-state index in [4.69, 9.17) is 4.74 Å². The van der Waals surface area contributed by atoms with Crippen LogP contribution >= 0.6 is 0 Å². The van der Waals surface area contributed by atoms with Crippen LogP contribution in [0.2, 0.25) is 0 Å². The number of fused-ring (bicyclic) bond motifs is 2. The molecule has 2 atom stereocenters. The van der Waals surface area contributed by atoms with E-state index in [9.17, 15) is 13.2 Å². The van der Waals surface area contributed by atoms with Gasteiger partial charge in [-0.1, -0.05) is 12.1 Å². The number of rotatable bonds is 3. The summed E-state index contributed by atoms with van der Waals surface area (Å²) in [5.41, 5.74) is 0.718. The zero-order valence-electron chi connectivity index (χ0n) is 13.4. The van der Waals surface area contributed by atoms with Crippen molar-refractivity contribution in [3.05, 3.63) is 42.2 Å². The standard InChI is InChI=1S/C16H18N4O4S/c21-16(8-11-5-6-17-19-11)18-12-7-13-10-24-14-3-1-2-4-15(14)25(22,23)20(13)9-12/h1-6,12-13H,7-10H2,(H,17,19)(H,18,21)/t12-,13-/m0/s1. The maximum absolute atomic E-state index is 12.9. The van der Waals surface area contributed by atoms with Gasteiger partial charge in [0, 0.05) is 24.5 Å². The number of benzene rings is 1. The Morgan fingerprint density at radius 1 is 1.36 bits per heavy atom. The maximum Gasteiger partial charge on any atom is 0.247 e. The SMILES string of the molecule is O=C(Cc1ccn[nH]1)N[C@H]1C[C@H]2COc3ccccc3S(=O)(=O)N2C1. The summed E-state index contributed by atoms with van der Waals surface area (Å²) in [5, 5.41) is 9.45. The number of carbonyl (C=O) groups is 1. The molecular formula is C16H18N4O4S. The lowest BCUT2D eigenvalue weighted by Gasteiger charge is -2.19. The molecule has 0 saturated carbocycles. The van der Waals surface area contributed by atoms with E-state index in [0.29, 0.717) is 12.2 Å². The summed E-state index contributed by atoms with van der Waals surface area (Å²) >= 11 is 0. The number of hydrogen-bond donors (Lipinski definition) is 2. The fourth-order valence-corrected chi connectivity index (χ4v) is 5.17. The average Bonchev–Trinajstić information content (AvgIpc) is 3.21. The predicted octanol–water partition coefficient (Wildman–Crippen LogP) is 0.293. The molecule has 8 nitrogen and oxygen atoms in total. The Hall–Kier alpha value is -2.39. The molecular weight excluding hydrogens is 344 g/mol. The summed E-state index contributed by atoms with van der Waals surface area (Å²) in [7, 11) is -3.63. The molecule has 0 unspecified atom stereocenters. The summed E-state index contributed by atoms with van der Waals surface area (Å²) < 4.78 is 33.0. The van der Waals surface area contributed by atoms with E-state index in [2.05, 4.69) is 15.5 Å². The van der Waals surface area contributed by atoms with E-state index in [-0.39, 0.29) is 42.5 Å². The van der Waals surface area contributed by atoms with Gasteiger partial charge in [-0.3, -0.25) is 9.89 Å². The fraction of sp³-hybridized carbons (Fsp3) is 0.375. The topological polar surface area (TPSA) is 104 Å². The lowest BCUT2D eigenvalue weighted by molar-refractivity contribution is -0.121. The van der Waals surface area contributed by atoms with Crippen LogP contribution < -0.4 is 10.1 Å². The van der Waals surface area contributed by atoms with Crippen molar-refractivity contribution in [2.75, 3.05) is 13.2 Å². The Morgan fingerprint density at radius 2 is 2.20 bits per heavy atom. The van der Waals surface area contributed by atoms with Crippen molar-refractivity contribution in [3.8, 4) is 5.75 Å². The Morgan fingerprint density at radius 3 is 3.00 bits per heavy atom. The molecule has 0 radical (unpaired) electrons. The van der Waals surface area contributed by atoms with E-state index >= 15 is 0 Å². The Balaban J connectivity index is 1.49. The van der Waals surface area contributed by atoms with Crippen LogP contribution in [0.4, 0.5) is 0 Å². The van der Waals surface area contributed by atoms with Crippen LogP contribution in [0.25, 0.3) is 0 Å². The highest BCUT2D eigenvalue weighted by Gasteiger charge is 2.44. The van der Waals surface area contributed by atoms with Gasteiger partial charge >= 0.3 is 0 Å². The highest BCUT2D eigenvalue weighted by molar-refractivity contribution is 7.89. The molecule has 1 amide bonds. The molecule has 3 heterocycles. The smallest absolute Gasteiger partial charge is 0.247 e. The number of nitrogens with zero attached hydrogens (tertiary/aromatic N) is 2. The summed E-state index contributed by atoms with van der Waals surface area (Å²) in [4.78, 5) is 12.3. The van der Waals surface area contributed by atoms with Gasteiger partial charge in [-0.2, -0.15) is 9.40 Å². The predicted molar refractivity (Wildman–Crippen MR) is 88.5 cm³/mol. The molecule has 0 bridgehead atoms. The van der Waals surface area contributed by atoms with Crippen molar-refractivity contribution in [1.29, 1.82) is 0 Å². The first kappa shape index (κ1) is 16.1. The minimum absolute atomic E-state index is 0.161. The highest BCUT2D eigenvalue weighted by atomic mass is 32.2. The van der Waals surface area contributed by atoms with Gasteiger partial charge in [0.25, 0.3) is 0 Å². The number of H-pyrrole nitrogens is 1. The van der Waals surface area contributed by atoms with Gasteiger partial charge < -0.3 is 10.1 Å². The number of aromatic nitrogens is 2. The largest absolute Gasteiger partial charge is 0.490 e. The lowest BCUT2D eigenvalue weighted by atomic mass is 10.1. The van der Waals surface area contributed by atoms with Gasteiger partial charge in [-0.15, -0.1) is 0 Å². The van der Waals surface area contributed by atoms with Crippen LogP contribution in [0.5, 0.6) is 5.75 Å². The van der Waals surface area contributed by atoms with Crippen molar-refractivity contribution < 1.29 is 17.9 Å². The minimum Gasteiger partial charge on any atom is -0.490 e. The van der Waals surface area contributed by atoms with Crippen molar-refractivity contribution in [2.45, 2.75) is 29.8 Å². The van der Waals surface area contributed by atoms with E-state index in [1.165, 1.54) is 4.31 Å². The number of hydrogen-bond acceptors (Lipinski definition) is 5. The second kappa shape index (κ2) is 6.16. The Labute approximate surface area is 145 Å². The van der Waals surface area contributed by atoms with Crippen LogP contribution in [-0.4, -0.2) is 54.1 Å². The number of carbonyl (C=O) groups excluding carboxylic acids is 1. The fourth-order valence-electron chi connectivity index (χ4n) is 3.37. The van der Waals surface area contributed by atoms with E-state index in [1.807, 2.05) is 0 Å². The Kier molecular flexibility index (Phi) is 3.97. The van der Waals surface area contributed by atoms with E-state index in [1.54, 1.807) is 36.5 Å². The molecule has 2 aliphatic rings. The quantitative estimate of drug-likeness (QED) is 0.817. The Bertz CT molecular complexity index is 881. The summed E-state index contributed by atoms with van der Waals surface area (Å²) in [6, 6.07) is 7.87. The molecule has 132 valence electrons. The molecule has 1 fully saturated rings. The van der Waals surface area contributed by atoms with Crippen LogP contribution in [-0.2, 0) is 21.2 Å². The number of amides is 1. The molecule has 0 spiro atoms. The maximum atomic E-state index is 12.9. The van der Waals surface area contributed by atoms with Crippen molar-refractivity contribution >= 4 is 15.9 Å². The molecule has 2 aliphatic heterocycles. The third kappa shape index (κ3) is 3.00. The monoisotopic (exact) mass is 362 g/mol. The van der Waals surface area contributed by atoms with Gasteiger partial charge in [0.1, 0.15) is 17.3 Å². The molecule has 1 saturated heterocycles. The first-order chi connectivity index (χ1) is 12.0. The summed E-state index contributed by atoms with van der Waals surface area (Å²) in [5.74, 6) is 0.224. The van der Waals surface area contributed by atoms with Crippen molar-refractivity contribution in [1.82, 2.24) is 19.8 Å². The van der Waals surface area contributed by atoms with Crippen LogP contribution in [0.3, 0.4) is 0 Å². The minimum atomic E-state index is -3.63. The third-order valence-electron chi connectivity index (χ3n) is 4.51. The number of nitrogens with one attached hydrogen (secondary N) is 2. The zero-order chi connectivity index (χ0) is 17.4. The number of aromatic amines is 1. The van der Waals surface area contributed by atoms with Crippen LogP contribution in [0.15, 0.2) is 41.4 Å². The number of ether oxygens (including phenoxy) is 1. The van der Waals surface area contributed by atoms with Crippen molar-refractivity contribution in [2.24, 2.45) is 0 Å². The van der Waals surface area contributed by atoms with Gasteiger partial charge in [-0.05, 0) is 24.6 Å². The molecule has 4 rings (SSSR count). The molecule has 2 aromatic rings. The summed E-state index contributed by atoms with van der Waals surface area (Å²) in [6.07, 6.45) is 2.30. The van der Waals surface area contributed by atoms with Crippen LogP contribution in [0, 0.1) is 0 Å². The average molecular weight is 362 g/mol. The normalized spacial score (nSPS) is 24.6. The molecule has 1 aromatic carbocycles. The first-order valence-corrected chi connectivity index (χ1v) is 9.49. The lowest BCUT2D eigenvalue weighted by Crippen LogP contribution is -2.40. The second-order valence-electron chi connectivity index (χ2n) is 6.25. The molecule has 25 heavy (non-hydrogen) atoms. The number of sulfonamides is 1. The van der Waals surface area contributed by atoms with Crippen molar-refractivity contribution in [3.63, 3.8) is 0 Å². The van der Waals surface area contributed by atoms with Crippen LogP contribution in [0.1, 0.15) is 12.1 Å². The first-order valence-electron chi connectivity index (χ1n) is 8.05. The van der Waals surface area contributed by atoms with Gasteiger partial charge in [-0.25, -0.2) is 8.42 Å². The summed E-state index contributed by atoms with van der Waals surface area (Å²) in [6.45, 7) is 0.530. The second-order valence-corrected chi connectivity index (χ2v) is 8.10.